The predicted octanol–water partition coefficient (Wildman–Crippen LogP) is 5.24. The maximum Gasteiger partial charge on any atom is 0.573 e. The highest BCUT2D eigenvalue weighted by Gasteiger charge is 2.32. The second kappa shape index (κ2) is 11.1. The van der Waals surface area contributed by atoms with E-state index in [9.17, 15) is 18.0 Å². The molecule has 3 aromatic carbocycles. The van der Waals surface area contributed by atoms with Crippen molar-refractivity contribution in [3.63, 3.8) is 0 Å². The minimum Gasteiger partial charge on any atom is -0.494 e. The molecule has 0 saturated carbocycles. The van der Waals surface area contributed by atoms with Gasteiger partial charge in [-0.3, -0.25) is 10.1 Å². The summed E-state index contributed by atoms with van der Waals surface area (Å²) in [6.45, 7) is 0.288. The van der Waals surface area contributed by atoms with Gasteiger partial charge in [0.15, 0.2) is 0 Å². The van der Waals surface area contributed by atoms with Crippen LogP contribution in [0, 0.1) is 0 Å². The summed E-state index contributed by atoms with van der Waals surface area (Å²) in [5.74, 6) is -0.346. The van der Waals surface area contributed by atoms with Crippen LogP contribution in [0.3, 0.4) is 0 Å². The van der Waals surface area contributed by atoms with Crippen molar-refractivity contribution in [1.29, 1.82) is 0 Å². The number of hydrogen-bond donors (Lipinski definition) is 2. The Bertz CT molecular complexity index is 1800. The molecule has 0 saturated heterocycles. The topological polar surface area (TPSA) is 124 Å². The third-order valence-corrected chi connectivity index (χ3v) is 6.43. The molecule has 0 aliphatic carbocycles. The van der Waals surface area contributed by atoms with E-state index in [2.05, 4.69) is 35.7 Å². The lowest BCUT2D eigenvalue weighted by molar-refractivity contribution is -0.274. The number of benzene rings is 3. The van der Waals surface area contributed by atoms with Crippen LogP contribution in [-0.2, 0) is 13.6 Å². The van der Waals surface area contributed by atoms with Gasteiger partial charge in [-0.15, -0.1) is 13.2 Å². The average molecular weight is 607 g/mol. The maximum atomic E-state index is 12.7. The minimum absolute atomic E-state index is 0.112. The van der Waals surface area contributed by atoms with Crippen LogP contribution in [-0.4, -0.2) is 49.1 Å². The van der Waals surface area contributed by atoms with Crippen molar-refractivity contribution in [3.05, 3.63) is 81.4 Å². The molecular weight excluding hydrogens is 588 g/mol. The summed E-state index contributed by atoms with van der Waals surface area (Å²) in [5, 5.41) is 15.6. The Labute approximate surface area is 239 Å². The molecule has 0 fully saturated rings. The Balaban J connectivity index is 1.56. The predicted molar refractivity (Wildman–Crippen MR) is 144 cm³/mol. The summed E-state index contributed by atoms with van der Waals surface area (Å²) in [4.78, 5) is 17.2. The lowest BCUT2D eigenvalue weighted by atomic mass is 10.1. The van der Waals surface area contributed by atoms with E-state index in [1.165, 1.54) is 19.2 Å². The molecule has 0 atom stereocenters. The van der Waals surface area contributed by atoms with Crippen LogP contribution in [0.1, 0.15) is 15.9 Å². The number of halogens is 5. The number of imidazole rings is 1. The zero-order valence-electron chi connectivity index (χ0n) is 21.2. The summed E-state index contributed by atoms with van der Waals surface area (Å²) in [7, 11) is 3.28. The van der Waals surface area contributed by atoms with Gasteiger partial charge >= 0.3 is 6.36 Å². The van der Waals surface area contributed by atoms with Gasteiger partial charge in [0.2, 0.25) is 11.6 Å². The number of alkyl halides is 3. The summed E-state index contributed by atoms with van der Waals surface area (Å²) in [5.41, 5.74) is 3.24. The normalized spacial score (nSPS) is 12.1. The number of hydrogen-bond acceptors (Lipinski definition) is 7. The highest BCUT2D eigenvalue weighted by Crippen LogP contribution is 2.33. The van der Waals surface area contributed by atoms with Gasteiger partial charge in [0.1, 0.15) is 17.0 Å². The molecule has 5 rings (SSSR count). The van der Waals surface area contributed by atoms with Crippen LogP contribution in [0.15, 0.2) is 59.6 Å². The second-order valence-corrected chi connectivity index (χ2v) is 9.44. The first kappa shape index (κ1) is 28.0. The van der Waals surface area contributed by atoms with Crippen molar-refractivity contribution in [1.82, 2.24) is 29.8 Å². The van der Waals surface area contributed by atoms with E-state index in [0.717, 1.165) is 11.6 Å². The van der Waals surface area contributed by atoms with Crippen molar-refractivity contribution < 1.29 is 27.4 Å². The number of methoxy groups -OCH3 is 1. The maximum absolute atomic E-state index is 12.7. The van der Waals surface area contributed by atoms with E-state index in [1.807, 2.05) is 4.57 Å². The summed E-state index contributed by atoms with van der Waals surface area (Å²) < 4.78 is 51.2. The van der Waals surface area contributed by atoms with E-state index >= 15 is 0 Å². The molecule has 0 aliphatic heterocycles. The van der Waals surface area contributed by atoms with Gasteiger partial charge in [-0.25, -0.2) is 10.1 Å². The second-order valence-electron chi connectivity index (χ2n) is 8.60. The fourth-order valence-electron chi connectivity index (χ4n) is 4.16. The first-order valence-electron chi connectivity index (χ1n) is 11.7. The number of anilines is 1. The van der Waals surface area contributed by atoms with Crippen LogP contribution in [0.4, 0.5) is 24.8 Å². The van der Waals surface area contributed by atoms with Crippen LogP contribution in [0.2, 0.25) is 10.0 Å². The number of nitrogens with one attached hydrogen (secondary N) is 2. The molecule has 0 radical (unpaired) electrons. The fourth-order valence-corrected chi connectivity index (χ4v) is 4.57. The van der Waals surface area contributed by atoms with Crippen molar-refractivity contribution in [2.75, 3.05) is 12.4 Å². The Morgan fingerprint density at radius 2 is 1.85 bits per heavy atom. The average Bonchev–Trinajstić information content (AvgIpc) is 3.52. The number of ether oxygens (including phenoxy) is 2. The molecule has 212 valence electrons. The van der Waals surface area contributed by atoms with E-state index < -0.39 is 18.0 Å². The lowest BCUT2D eigenvalue weighted by Gasteiger charge is -2.10. The number of nitrogens with zero attached hydrogens (tertiary/aromatic N) is 6. The highest BCUT2D eigenvalue weighted by atomic mass is 35.5. The van der Waals surface area contributed by atoms with Crippen LogP contribution in [0.25, 0.3) is 11.0 Å². The molecule has 5 aromatic rings. The quantitative estimate of drug-likeness (QED) is 0.261. The fraction of sp³-hybridized carbons (Fsp3) is 0.160. The van der Waals surface area contributed by atoms with Crippen molar-refractivity contribution >= 4 is 51.8 Å². The number of carbonyl (C=O) groups excluding carboxylic acids is 1. The first-order chi connectivity index (χ1) is 19.5. The molecule has 2 aromatic heterocycles. The largest absolute Gasteiger partial charge is 0.573 e. The standard InChI is InChI=1S/C25H19Cl2F3N8O3/c1-37-21-18(9-15(26)10-20(21)40-2)38(24(37)31-16-7-8-19(17(27)11-16)41-25(28,29)30)12-13-3-5-14(6-4-13)22(39)32-23-33-35-36-34-23/h3-11H,12H2,1-2H3,(H2,32,33,34,35,36,39). The molecule has 0 unspecified atom stereocenters. The number of fused-ring (bicyclic) bond motifs is 1. The van der Waals surface area contributed by atoms with Gasteiger partial charge in [0.05, 0.1) is 29.9 Å². The Morgan fingerprint density at radius 3 is 2.49 bits per heavy atom. The van der Waals surface area contributed by atoms with Gasteiger partial charge in [-0.1, -0.05) is 40.4 Å². The molecular formula is C25H19Cl2F3N8O3. The summed E-state index contributed by atoms with van der Waals surface area (Å²) >= 11 is 12.4. The first-order valence-corrected chi connectivity index (χ1v) is 12.4. The lowest BCUT2D eigenvalue weighted by Crippen LogP contribution is -2.24. The molecule has 1 amide bonds. The molecule has 16 heteroatoms. The summed E-state index contributed by atoms with van der Waals surface area (Å²) in [6.07, 6.45) is -4.89. The van der Waals surface area contributed by atoms with Crippen molar-refractivity contribution in [3.8, 4) is 11.5 Å². The third-order valence-electron chi connectivity index (χ3n) is 5.91. The highest BCUT2D eigenvalue weighted by molar-refractivity contribution is 6.32. The molecule has 41 heavy (non-hydrogen) atoms. The number of rotatable bonds is 7. The van der Waals surface area contributed by atoms with Crippen LogP contribution < -0.4 is 20.4 Å². The monoisotopic (exact) mass is 606 g/mol. The third kappa shape index (κ3) is 6.12. The number of aromatic nitrogens is 6. The number of carbonyl (C=O) groups is 1. The van der Waals surface area contributed by atoms with E-state index in [1.54, 1.807) is 48.0 Å². The molecule has 0 spiro atoms. The van der Waals surface area contributed by atoms with Gasteiger partial charge in [0.25, 0.3) is 5.91 Å². The number of amides is 1. The SMILES string of the molecule is COc1cc(Cl)cc2c1n(C)c(=Nc1ccc(OC(F)(F)F)c(Cl)c1)n2Cc1ccc(C(=O)Nc2nnn[nH]2)cc1. The number of aryl methyl sites for hydroxylation is 1. The number of H-pyrrole nitrogens is 1. The Morgan fingerprint density at radius 1 is 1.10 bits per heavy atom. The molecule has 0 aliphatic rings. The smallest absolute Gasteiger partial charge is 0.494 e. The Kier molecular flexibility index (Phi) is 7.60. The van der Waals surface area contributed by atoms with Gasteiger partial charge in [-0.2, -0.15) is 0 Å². The molecule has 2 heterocycles. The molecule has 11 nitrogen and oxygen atoms in total. The van der Waals surface area contributed by atoms with Gasteiger partial charge in [0, 0.05) is 23.7 Å². The van der Waals surface area contributed by atoms with Crippen LogP contribution in [0.5, 0.6) is 11.5 Å². The number of aromatic amines is 1. The van der Waals surface area contributed by atoms with Crippen molar-refractivity contribution in [2.24, 2.45) is 12.0 Å². The van der Waals surface area contributed by atoms with Gasteiger partial charge in [-0.05, 0) is 52.4 Å². The van der Waals surface area contributed by atoms with Crippen LogP contribution >= 0.6 is 23.2 Å². The van der Waals surface area contributed by atoms with E-state index in [4.69, 9.17) is 27.9 Å². The zero-order chi connectivity index (χ0) is 29.3. The van der Waals surface area contributed by atoms with Crippen molar-refractivity contribution in [2.45, 2.75) is 12.9 Å². The van der Waals surface area contributed by atoms with E-state index in [0.29, 0.717) is 33.0 Å². The zero-order valence-corrected chi connectivity index (χ0v) is 22.7. The Hall–Kier alpha value is -4.56. The summed E-state index contributed by atoms with van der Waals surface area (Å²) in [6, 6.07) is 14.0. The molecule has 0 bridgehead atoms. The van der Waals surface area contributed by atoms with E-state index in [-0.39, 0.29) is 23.2 Å². The number of tetrazole rings is 1. The molecule has 2 N–H and O–H groups in total. The van der Waals surface area contributed by atoms with Gasteiger partial charge < -0.3 is 18.6 Å². The minimum atomic E-state index is -4.89.